The summed E-state index contributed by atoms with van der Waals surface area (Å²) >= 11 is 0. The average Bonchev–Trinajstić information content (AvgIpc) is 2.91. The van der Waals surface area contributed by atoms with Gasteiger partial charge in [-0.15, -0.1) is 0 Å². The summed E-state index contributed by atoms with van der Waals surface area (Å²) in [4.78, 5) is 26.3. The lowest BCUT2D eigenvalue weighted by Gasteiger charge is -2.23. The summed E-state index contributed by atoms with van der Waals surface area (Å²) in [6.45, 7) is 8.22. The van der Waals surface area contributed by atoms with Crippen molar-refractivity contribution in [2.75, 3.05) is 25.6 Å². The number of nitrogens with two attached hydrogens (primary N) is 1. The van der Waals surface area contributed by atoms with Crippen molar-refractivity contribution >= 4 is 23.3 Å². The number of ether oxygens (including phenoxy) is 3. The molecule has 0 radical (unpaired) electrons. The number of dihydropyridines is 1. The maximum atomic E-state index is 13.5. The van der Waals surface area contributed by atoms with Crippen LogP contribution in [-0.4, -0.2) is 44.0 Å². The molecule has 11 nitrogen and oxygen atoms in total. The Bertz CT molecular complexity index is 1270. The second-order valence-corrected chi connectivity index (χ2v) is 9.05. The first kappa shape index (κ1) is 28.9. The molecule has 0 bridgehead atoms. The standard InChI is InChI=1S/C28H36N6O5/c1-6-38-24-14-19(9-12-22(24)39-16(2)3)25(32-20-10-7-18(8-11-20)26(29)30)28(36)34-33-27(35)21-15-31-17(4)13-23(21)37-5/h7-14,16,25,31-32H,6,15H2,1-5H3,(H3,29,30)(H,33,35)(H,34,36). The van der Waals surface area contributed by atoms with Crippen LogP contribution in [-0.2, 0) is 14.3 Å². The van der Waals surface area contributed by atoms with Gasteiger partial charge in [0.15, 0.2) is 11.5 Å². The van der Waals surface area contributed by atoms with Gasteiger partial charge in [-0.05, 0) is 75.7 Å². The van der Waals surface area contributed by atoms with Gasteiger partial charge in [0.05, 0.1) is 25.4 Å². The molecule has 1 unspecified atom stereocenters. The number of nitrogen functional groups attached to an aromatic ring is 1. The van der Waals surface area contributed by atoms with Crippen LogP contribution in [0.2, 0.25) is 0 Å². The summed E-state index contributed by atoms with van der Waals surface area (Å²) in [5, 5.41) is 13.9. The van der Waals surface area contributed by atoms with Gasteiger partial charge in [-0.2, -0.15) is 0 Å². The van der Waals surface area contributed by atoms with Crippen molar-refractivity contribution in [2.24, 2.45) is 5.73 Å². The van der Waals surface area contributed by atoms with Crippen molar-refractivity contribution in [3.63, 3.8) is 0 Å². The summed E-state index contributed by atoms with van der Waals surface area (Å²) in [5.74, 6) is 0.379. The summed E-state index contributed by atoms with van der Waals surface area (Å²) in [6.07, 6.45) is 1.65. The summed E-state index contributed by atoms with van der Waals surface area (Å²) in [5.41, 5.74) is 13.5. The maximum absolute atomic E-state index is 13.5. The minimum Gasteiger partial charge on any atom is -0.496 e. The van der Waals surface area contributed by atoms with Crippen LogP contribution in [0.25, 0.3) is 0 Å². The quantitative estimate of drug-likeness (QED) is 0.145. The monoisotopic (exact) mass is 536 g/mol. The highest BCUT2D eigenvalue weighted by molar-refractivity contribution is 5.97. The third kappa shape index (κ3) is 7.67. The Morgan fingerprint density at radius 1 is 1.10 bits per heavy atom. The molecule has 208 valence electrons. The van der Waals surface area contributed by atoms with Gasteiger partial charge in [0, 0.05) is 23.5 Å². The van der Waals surface area contributed by atoms with E-state index in [1.807, 2.05) is 27.7 Å². The van der Waals surface area contributed by atoms with Crippen molar-refractivity contribution in [2.45, 2.75) is 39.8 Å². The van der Waals surface area contributed by atoms with Crippen LogP contribution in [0.5, 0.6) is 11.5 Å². The van der Waals surface area contributed by atoms with E-state index in [2.05, 4.69) is 21.5 Å². The van der Waals surface area contributed by atoms with E-state index in [0.717, 1.165) is 5.70 Å². The van der Waals surface area contributed by atoms with E-state index in [4.69, 9.17) is 25.4 Å². The lowest BCUT2D eigenvalue weighted by atomic mass is 10.0. The van der Waals surface area contributed by atoms with E-state index in [9.17, 15) is 9.59 Å². The van der Waals surface area contributed by atoms with E-state index < -0.39 is 17.9 Å². The topological polar surface area (TPSA) is 160 Å². The molecule has 39 heavy (non-hydrogen) atoms. The Labute approximate surface area is 228 Å². The molecule has 2 aromatic carbocycles. The molecule has 0 saturated heterocycles. The molecule has 1 aliphatic heterocycles. The molecule has 2 aromatic rings. The number of carbonyl (C=O) groups is 2. The Hall–Kier alpha value is -4.67. The molecular weight excluding hydrogens is 500 g/mol. The van der Waals surface area contributed by atoms with Crippen LogP contribution in [0.3, 0.4) is 0 Å². The fourth-order valence-electron chi connectivity index (χ4n) is 3.83. The summed E-state index contributed by atoms with van der Waals surface area (Å²) in [6, 6.07) is 11.1. The van der Waals surface area contributed by atoms with Gasteiger partial charge in [-0.3, -0.25) is 25.8 Å². The number of amides is 2. The first-order valence-corrected chi connectivity index (χ1v) is 12.6. The lowest BCUT2D eigenvalue weighted by Crippen LogP contribution is -2.47. The zero-order valence-corrected chi connectivity index (χ0v) is 22.8. The molecule has 0 saturated carbocycles. The molecule has 0 aromatic heterocycles. The van der Waals surface area contributed by atoms with Crippen molar-refractivity contribution in [1.82, 2.24) is 16.2 Å². The highest BCUT2D eigenvalue weighted by atomic mass is 16.5. The van der Waals surface area contributed by atoms with Gasteiger partial charge < -0.3 is 30.6 Å². The third-order valence-corrected chi connectivity index (χ3v) is 5.71. The number of amidine groups is 1. The average molecular weight is 537 g/mol. The number of hydrogen-bond acceptors (Lipinski definition) is 8. The minimum absolute atomic E-state index is 0.0624. The normalized spacial score (nSPS) is 13.5. The molecule has 0 aliphatic carbocycles. The van der Waals surface area contributed by atoms with Gasteiger partial charge in [0.2, 0.25) is 0 Å². The smallest absolute Gasteiger partial charge is 0.271 e. The number of hydrazine groups is 1. The number of allylic oxidation sites excluding steroid dienone is 2. The lowest BCUT2D eigenvalue weighted by molar-refractivity contribution is -0.127. The number of anilines is 1. The van der Waals surface area contributed by atoms with Gasteiger partial charge in [-0.25, -0.2) is 0 Å². The molecule has 0 spiro atoms. The van der Waals surface area contributed by atoms with Gasteiger partial charge >= 0.3 is 0 Å². The predicted octanol–water partition coefficient (Wildman–Crippen LogP) is 2.86. The Kier molecular flexibility index (Phi) is 9.80. The number of hydrogen-bond donors (Lipinski definition) is 6. The Morgan fingerprint density at radius 2 is 1.82 bits per heavy atom. The molecule has 3 rings (SSSR count). The van der Waals surface area contributed by atoms with E-state index in [1.54, 1.807) is 48.5 Å². The Morgan fingerprint density at radius 3 is 2.44 bits per heavy atom. The first-order chi connectivity index (χ1) is 18.6. The molecule has 1 aliphatic rings. The van der Waals surface area contributed by atoms with Crippen LogP contribution in [0.15, 0.2) is 65.6 Å². The van der Waals surface area contributed by atoms with Gasteiger partial charge in [-0.1, -0.05) is 6.07 Å². The van der Waals surface area contributed by atoms with Crippen molar-refractivity contribution in [1.29, 1.82) is 5.41 Å². The predicted molar refractivity (Wildman–Crippen MR) is 149 cm³/mol. The SMILES string of the molecule is CCOc1cc(C(Nc2ccc(C(=N)N)cc2)C(=O)NNC(=O)C2=C(OC)C=C(C)NC2)ccc1OC(C)C. The maximum Gasteiger partial charge on any atom is 0.271 e. The van der Waals surface area contributed by atoms with E-state index in [-0.39, 0.29) is 18.5 Å². The zero-order valence-electron chi connectivity index (χ0n) is 22.8. The van der Waals surface area contributed by atoms with Crippen LogP contribution in [0, 0.1) is 5.41 Å². The molecule has 1 heterocycles. The van der Waals surface area contributed by atoms with Crippen LogP contribution < -0.4 is 36.7 Å². The van der Waals surface area contributed by atoms with Crippen molar-refractivity contribution in [3.05, 3.63) is 76.7 Å². The second-order valence-electron chi connectivity index (χ2n) is 9.05. The third-order valence-electron chi connectivity index (χ3n) is 5.71. The highest BCUT2D eigenvalue weighted by Crippen LogP contribution is 2.33. The second kappa shape index (κ2) is 13.2. The molecule has 11 heteroatoms. The highest BCUT2D eigenvalue weighted by Gasteiger charge is 2.25. The molecule has 2 amide bonds. The van der Waals surface area contributed by atoms with Crippen molar-refractivity contribution in [3.8, 4) is 11.5 Å². The fourth-order valence-corrected chi connectivity index (χ4v) is 3.83. The van der Waals surface area contributed by atoms with Crippen LogP contribution >= 0.6 is 0 Å². The minimum atomic E-state index is -0.928. The largest absolute Gasteiger partial charge is 0.496 e. The van der Waals surface area contributed by atoms with Crippen LogP contribution in [0.1, 0.15) is 44.9 Å². The number of methoxy groups -OCH3 is 1. The molecule has 1 atom stereocenters. The molecule has 0 fully saturated rings. The molecule has 7 N–H and O–H groups in total. The number of nitrogens with one attached hydrogen (secondary N) is 5. The molecular formula is C28H36N6O5. The number of benzene rings is 2. The van der Waals surface area contributed by atoms with Crippen LogP contribution in [0.4, 0.5) is 5.69 Å². The summed E-state index contributed by atoms with van der Waals surface area (Å²) in [7, 11) is 1.48. The van der Waals surface area contributed by atoms with Gasteiger partial charge in [0.1, 0.15) is 17.6 Å². The first-order valence-electron chi connectivity index (χ1n) is 12.6. The van der Waals surface area contributed by atoms with Crippen molar-refractivity contribution < 1.29 is 23.8 Å². The number of rotatable bonds is 11. The summed E-state index contributed by atoms with van der Waals surface area (Å²) < 4.78 is 17.0. The number of carbonyl (C=O) groups excluding carboxylic acids is 2. The van der Waals surface area contributed by atoms with E-state index >= 15 is 0 Å². The Balaban J connectivity index is 1.89. The fraction of sp³-hybridized carbons (Fsp3) is 0.321. The van der Waals surface area contributed by atoms with E-state index in [0.29, 0.717) is 46.3 Å². The van der Waals surface area contributed by atoms with E-state index in [1.165, 1.54) is 7.11 Å². The van der Waals surface area contributed by atoms with Gasteiger partial charge in [0.25, 0.3) is 11.8 Å². The zero-order chi connectivity index (χ0) is 28.5.